The van der Waals surface area contributed by atoms with E-state index in [0.29, 0.717) is 50.1 Å². The molecule has 3 atom stereocenters. The van der Waals surface area contributed by atoms with E-state index in [0.717, 1.165) is 17.7 Å². The molecule has 5 rings (SSSR count). The molecule has 0 saturated carbocycles. The van der Waals surface area contributed by atoms with Gasteiger partial charge in [-0.05, 0) is 63.3 Å². The number of alkyl halides is 3. The van der Waals surface area contributed by atoms with Crippen LogP contribution in [0.3, 0.4) is 0 Å². The Morgan fingerprint density at radius 1 is 1.02 bits per heavy atom. The van der Waals surface area contributed by atoms with Crippen LogP contribution in [0.1, 0.15) is 56.2 Å². The maximum absolute atomic E-state index is 13.9. The lowest BCUT2D eigenvalue weighted by Gasteiger charge is -2.36. The number of anilines is 1. The van der Waals surface area contributed by atoms with Crippen LogP contribution in [-0.2, 0) is 31.7 Å². The normalized spacial score (nSPS) is 23.4. The molecule has 3 saturated heterocycles. The van der Waals surface area contributed by atoms with Gasteiger partial charge in [0.1, 0.15) is 12.2 Å². The van der Waals surface area contributed by atoms with Crippen molar-refractivity contribution in [3.63, 3.8) is 0 Å². The van der Waals surface area contributed by atoms with Crippen LogP contribution in [0.5, 0.6) is 0 Å². The lowest BCUT2D eigenvalue weighted by Crippen LogP contribution is -2.45. The highest BCUT2D eigenvalue weighted by atomic mass is 19.4. The lowest BCUT2D eigenvalue weighted by molar-refractivity contribution is -0.160. The summed E-state index contributed by atoms with van der Waals surface area (Å²) in [5.41, 5.74) is 0.569. The van der Waals surface area contributed by atoms with Gasteiger partial charge in [-0.2, -0.15) is 13.2 Å². The van der Waals surface area contributed by atoms with Gasteiger partial charge in [0, 0.05) is 37.8 Å². The van der Waals surface area contributed by atoms with E-state index in [2.05, 4.69) is 5.32 Å². The van der Waals surface area contributed by atoms with E-state index in [1.807, 2.05) is 35.2 Å². The van der Waals surface area contributed by atoms with Gasteiger partial charge in [0.05, 0.1) is 23.4 Å². The molecule has 3 aliphatic heterocycles. The molecule has 0 spiro atoms. The van der Waals surface area contributed by atoms with Crippen molar-refractivity contribution >= 4 is 23.7 Å². The van der Waals surface area contributed by atoms with Crippen LogP contribution < -0.4 is 10.2 Å². The zero-order valence-corrected chi connectivity index (χ0v) is 24.7. The molecule has 1 N–H and O–H groups in total. The largest absolute Gasteiger partial charge is 0.460 e. The fraction of sp³-hybridized carbons (Fsp3) is 0.531. The highest BCUT2D eigenvalue weighted by Crippen LogP contribution is 2.41. The van der Waals surface area contributed by atoms with E-state index in [4.69, 9.17) is 9.47 Å². The Hall–Kier alpha value is -3.60. The van der Waals surface area contributed by atoms with Gasteiger partial charge in [0.15, 0.2) is 0 Å². The first-order chi connectivity index (χ1) is 20.3. The third kappa shape index (κ3) is 6.98. The molecule has 2 amide bonds. The van der Waals surface area contributed by atoms with Crippen molar-refractivity contribution in [2.24, 2.45) is 11.8 Å². The Morgan fingerprint density at radius 2 is 1.72 bits per heavy atom. The molecule has 43 heavy (non-hydrogen) atoms. The molecule has 0 unspecified atom stereocenters. The maximum Gasteiger partial charge on any atom is 0.416 e. The standard InChI is InChI=1S/C32H38F3N3O5/c1-31(2,3)43-29(40)21-11-13-37(14-12-21)27-16-22(32(33,34)35)9-10-24(27)25-17-36-18-26(25)28(39)38-23(19-42-30(38)41)15-20-7-5-4-6-8-20/h4-10,16,21,23,25-26,36H,11-15,17-19H2,1-3H3/t23-,25-,26+/m1/s1. The topological polar surface area (TPSA) is 88.2 Å². The van der Waals surface area contributed by atoms with Crippen LogP contribution in [0.15, 0.2) is 48.5 Å². The molecular weight excluding hydrogens is 563 g/mol. The summed E-state index contributed by atoms with van der Waals surface area (Å²) in [6, 6.07) is 12.7. The second-order valence-electron chi connectivity index (χ2n) is 12.6. The minimum atomic E-state index is -4.55. The average Bonchev–Trinajstić information content (AvgIpc) is 3.58. The summed E-state index contributed by atoms with van der Waals surface area (Å²) in [6.45, 7) is 6.88. The summed E-state index contributed by atoms with van der Waals surface area (Å²) in [5.74, 6) is -2.16. The molecule has 0 bridgehead atoms. The number of esters is 1. The molecule has 2 aromatic carbocycles. The Balaban J connectivity index is 1.39. The first kappa shape index (κ1) is 30.8. The first-order valence-corrected chi connectivity index (χ1v) is 14.8. The van der Waals surface area contributed by atoms with Gasteiger partial charge in [-0.15, -0.1) is 0 Å². The molecule has 0 radical (unpaired) electrons. The number of piperidine rings is 1. The number of nitrogens with one attached hydrogen (secondary N) is 1. The van der Waals surface area contributed by atoms with Gasteiger partial charge in [0.2, 0.25) is 5.91 Å². The molecular formula is C32H38F3N3O5. The molecule has 232 valence electrons. The minimum Gasteiger partial charge on any atom is -0.460 e. The molecule has 3 fully saturated rings. The number of benzene rings is 2. The third-order valence-electron chi connectivity index (χ3n) is 8.38. The Bertz CT molecular complexity index is 1340. The number of rotatable bonds is 6. The highest BCUT2D eigenvalue weighted by Gasteiger charge is 2.46. The molecule has 3 heterocycles. The smallest absolute Gasteiger partial charge is 0.416 e. The monoisotopic (exact) mass is 601 g/mol. The number of carbonyl (C=O) groups excluding carboxylic acids is 3. The van der Waals surface area contributed by atoms with Crippen molar-refractivity contribution in [1.29, 1.82) is 0 Å². The fourth-order valence-electron chi connectivity index (χ4n) is 6.26. The Labute approximate surface area is 249 Å². The quantitative estimate of drug-likeness (QED) is 0.458. The van der Waals surface area contributed by atoms with E-state index in [1.54, 1.807) is 20.8 Å². The average molecular weight is 602 g/mol. The van der Waals surface area contributed by atoms with Crippen molar-refractivity contribution in [3.8, 4) is 0 Å². The van der Waals surface area contributed by atoms with Crippen LogP contribution in [-0.4, -0.2) is 67.3 Å². The number of amides is 2. The second-order valence-corrected chi connectivity index (χ2v) is 12.6. The molecule has 2 aromatic rings. The number of imide groups is 1. The number of nitrogens with zero attached hydrogens (tertiary/aromatic N) is 2. The molecule has 0 aliphatic carbocycles. The van der Waals surface area contributed by atoms with E-state index in [1.165, 1.54) is 11.0 Å². The van der Waals surface area contributed by atoms with Crippen molar-refractivity contribution in [2.75, 3.05) is 37.7 Å². The Morgan fingerprint density at radius 3 is 2.37 bits per heavy atom. The predicted octanol–water partition coefficient (Wildman–Crippen LogP) is 5.16. The maximum atomic E-state index is 13.9. The summed E-state index contributed by atoms with van der Waals surface area (Å²) in [7, 11) is 0. The van der Waals surface area contributed by atoms with Gasteiger partial charge in [-0.3, -0.25) is 9.59 Å². The summed E-state index contributed by atoms with van der Waals surface area (Å²) in [5, 5.41) is 3.22. The van der Waals surface area contributed by atoms with Crippen LogP contribution in [0, 0.1) is 11.8 Å². The van der Waals surface area contributed by atoms with Crippen molar-refractivity contribution in [1.82, 2.24) is 10.2 Å². The number of hydrogen-bond donors (Lipinski definition) is 1. The van der Waals surface area contributed by atoms with Crippen molar-refractivity contribution < 1.29 is 37.0 Å². The molecule has 8 nitrogen and oxygen atoms in total. The third-order valence-corrected chi connectivity index (χ3v) is 8.38. The van der Waals surface area contributed by atoms with Gasteiger partial charge in [-0.25, -0.2) is 9.69 Å². The number of halogens is 3. The lowest BCUT2D eigenvalue weighted by atomic mass is 9.85. The van der Waals surface area contributed by atoms with E-state index < -0.39 is 47.2 Å². The number of ether oxygens (including phenoxy) is 2. The van der Waals surface area contributed by atoms with Gasteiger partial charge >= 0.3 is 18.2 Å². The second kappa shape index (κ2) is 12.2. The molecule has 3 aliphatic rings. The van der Waals surface area contributed by atoms with Gasteiger partial charge in [-0.1, -0.05) is 36.4 Å². The summed E-state index contributed by atoms with van der Waals surface area (Å²) >= 11 is 0. The number of carbonyl (C=O) groups is 3. The Kier molecular flexibility index (Phi) is 8.74. The number of hydrogen-bond acceptors (Lipinski definition) is 7. The first-order valence-electron chi connectivity index (χ1n) is 14.8. The van der Waals surface area contributed by atoms with E-state index in [-0.39, 0.29) is 25.0 Å². The predicted molar refractivity (Wildman–Crippen MR) is 153 cm³/mol. The zero-order valence-electron chi connectivity index (χ0n) is 24.7. The zero-order chi connectivity index (χ0) is 30.9. The van der Waals surface area contributed by atoms with Crippen LogP contribution in [0.25, 0.3) is 0 Å². The SMILES string of the molecule is CC(C)(C)OC(=O)C1CCN(c2cc(C(F)(F)F)ccc2[C@H]2CNC[C@@H]2C(=O)N2C(=O)OC[C@H]2Cc2ccccc2)CC1. The fourth-order valence-corrected chi connectivity index (χ4v) is 6.26. The van der Waals surface area contributed by atoms with Crippen LogP contribution in [0.4, 0.5) is 23.7 Å². The van der Waals surface area contributed by atoms with E-state index >= 15 is 0 Å². The highest BCUT2D eigenvalue weighted by molar-refractivity contribution is 5.95. The molecule has 0 aromatic heterocycles. The molecule has 11 heteroatoms. The summed E-state index contributed by atoms with van der Waals surface area (Å²) in [6.07, 6.45) is -3.92. The van der Waals surface area contributed by atoms with Gasteiger partial charge in [0.25, 0.3) is 0 Å². The minimum absolute atomic E-state index is 0.0857. The van der Waals surface area contributed by atoms with E-state index in [9.17, 15) is 27.6 Å². The van der Waals surface area contributed by atoms with Crippen LogP contribution in [0.2, 0.25) is 0 Å². The van der Waals surface area contributed by atoms with Crippen molar-refractivity contribution in [3.05, 3.63) is 65.2 Å². The van der Waals surface area contributed by atoms with Crippen LogP contribution >= 0.6 is 0 Å². The summed E-state index contributed by atoms with van der Waals surface area (Å²) in [4.78, 5) is 42.4. The summed E-state index contributed by atoms with van der Waals surface area (Å²) < 4.78 is 52.3. The number of cyclic esters (lactones) is 1. The van der Waals surface area contributed by atoms with Gasteiger partial charge < -0.3 is 19.7 Å². The van der Waals surface area contributed by atoms with Crippen molar-refractivity contribution in [2.45, 2.75) is 63.8 Å².